The van der Waals surface area contributed by atoms with Gasteiger partial charge in [0.15, 0.2) is 0 Å². The molecular weight excluding hydrogens is 355 g/mol. The molecular formula is C12H21NNaO7P2. The van der Waals surface area contributed by atoms with Crippen molar-refractivity contribution < 1.29 is 33.8 Å². The number of nitrogens with zero attached hydrogens (tertiary/aromatic N) is 1. The number of hydrogen-bond donors (Lipinski definition) is 5. The number of aliphatic hydroxyl groups is 1. The summed E-state index contributed by atoms with van der Waals surface area (Å²) in [6.45, 7) is 0.446. The Kier molecular flexibility index (Phi) is 9.40. The number of likely N-dealkylation sites (N-methyl/N-ethyl adjacent to an activating group) is 1. The normalized spacial score (nSPS) is 13.0. The minimum absolute atomic E-state index is 0. The Morgan fingerprint density at radius 3 is 1.91 bits per heavy atom. The molecule has 0 amide bonds. The van der Waals surface area contributed by atoms with Crippen LogP contribution in [0.1, 0.15) is 12.0 Å². The van der Waals surface area contributed by atoms with E-state index < -0.39 is 26.7 Å². The van der Waals surface area contributed by atoms with Crippen LogP contribution < -0.4 is 0 Å². The van der Waals surface area contributed by atoms with Gasteiger partial charge in [0.2, 0.25) is 0 Å². The molecule has 1 aromatic carbocycles. The van der Waals surface area contributed by atoms with Gasteiger partial charge >= 0.3 is 15.2 Å². The van der Waals surface area contributed by atoms with Crippen molar-refractivity contribution >= 4 is 44.7 Å². The van der Waals surface area contributed by atoms with Gasteiger partial charge in [-0.3, -0.25) is 9.13 Å². The average molecular weight is 376 g/mol. The molecule has 5 N–H and O–H groups in total. The number of benzene rings is 1. The van der Waals surface area contributed by atoms with Crippen LogP contribution in [0.4, 0.5) is 0 Å². The van der Waals surface area contributed by atoms with Crippen molar-refractivity contribution in [3.63, 3.8) is 0 Å². The molecule has 1 rings (SSSR count). The van der Waals surface area contributed by atoms with Crippen molar-refractivity contribution in [1.29, 1.82) is 0 Å². The molecule has 8 nitrogen and oxygen atoms in total. The van der Waals surface area contributed by atoms with Gasteiger partial charge in [-0.25, -0.2) is 0 Å². The van der Waals surface area contributed by atoms with Crippen LogP contribution in [0.2, 0.25) is 0 Å². The molecule has 0 saturated heterocycles. The van der Waals surface area contributed by atoms with E-state index >= 15 is 0 Å². The van der Waals surface area contributed by atoms with Gasteiger partial charge in [0, 0.05) is 49.1 Å². The van der Waals surface area contributed by atoms with Gasteiger partial charge in [-0.2, -0.15) is 0 Å². The quantitative estimate of drug-likeness (QED) is 0.320. The van der Waals surface area contributed by atoms with Crippen molar-refractivity contribution in [2.45, 2.75) is 17.9 Å². The Balaban J connectivity index is 0.00000484. The molecule has 1 radical (unpaired) electrons. The molecule has 1 aromatic rings. The zero-order valence-electron chi connectivity index (χ0n) is 13.1. The monoisotopic (exact) mass is 376 g/mol. The molecule has 0 heterocycles. The largest absolute Gasteiger partial charge is 0.369 e. The van der Waals surface area contributed by atoms with Crippen molar-refractivity contribution in [2.75, 3.05) is 20.1 Å². The molecule has 0 saturated carbocycles. The smallest absolute Gasteiger partial charge is 0.367 e. The van der Waals surface area contributed by atoms with Gasteiger partial charge in [-0.1, -0.05) is 30.3 Å². The summed E-state index contributed by atoms with van der Waals surface area (Å²) in [4.78, 5) is 37.8. The van der Waals surface area contributed by atoms with E-state index in [0.717, 1.165) is 5.56 Å². The molecule has 0 fully saturated rings. The summed E-state index contributed by atoms with van der Waals surface area (Å²) < 4.78 is 22.5. The summed E-state index contributed by atoms with van der Waals surface area (Å²) in [7, 11) is -9.11. The molecule has 0 bridgehead atoms. The Morgan fingerprint density at radius 2 is 1.48 bits per heavy atom. The van der Waals surface area contributed by atoms with Gasteiger partial charge in [0.05, 0.1) is 0 Å². The van der Waals surface area contributed by atoms with Gasteiger partial charge in [-0.15, -0.1) is 0 Å². The fourth-order valence-electron chi connectivity index (χ4n) is 1.88. The van der Waals surface area contributed by atoms with Crippen LogP contribution in [0.3, 0.4) is 0 Å². The summed E-state index contributed by atoms with van der Waals surface area (Å²) >= 11 is 0. The van der Waals surface area contributed by atoms with Gasteiger partial charge < -0.3 is 29.6 Å². The number of hydrogen-bond acceptors (Lipinski definition) is 4. The van der Waals surface area contributed by atoms with Crippen LogP contribution in [0, 0.1) is 0 Å². The fraction of sp³-hybridized carbons (Fsp3) is 0.500. The number of rotatable bonds is 8. The van der Waals surface area contributed by atoms with E-state index in [1.165, 1.54) is 0 Å². The van der Waals surface area contributed by atoms with Crippen molar-refractivity contribution in [1.82, 2.24) is 4.90 Å². The molecule has 0 spiro atoms. The van der Waals surface area contributed by atoms with Crippen LogP contribution in [0.25, 0.3) is 0 Å². The SMILES string of the molecule is CN(CCc1ccccc1)CCC(O)(P(=O)(O)O)P(=O)(O)O.[Na]. The Labute approximate surface area is 157 Å². The second kappa shape index (κ2) is 9.22. The van der Waals surface area contributed by atoms with E-state index in [-0.39, 0.29) is 36.1 Å². The van der Waals surface area contributed by atoms with Gasteiger partial charge in [-0.05, 0) is 19.0 Å². The zero-order valence-corrected chi connectivity index (χ0v) is 16.9. The fourth-order valence-corrected chi connectivity index (χ4v) is 4.02. The van der Waals surface area contributed by atoms with E-state index in [9.17, 15) is 14.2 Å². The topological polar surface area (TPSA) is 139 Å². The zero-order chi connectivity index (χ0) is 17.0. The summed E-state index contributed by atoms with van der Waals surface area (Å²) in [6.07, 6.45) is -0.0611. The first-order valence-electron chi connectivity index (χ1n) is 6.53. The molecule has 0 aliphatic rings. The second-order valence-electron chi connectivity index (χ2n) is 5.15. The maximum atomic E-state index is 11.2. The molecule has 0 unspecified atom stereocenters. The summed E-state index contributed by atoms with van der Waals surface area (Å²) in [5.41, 5.74) is 1.06. The molecule has 0 atom stereocenters. The summed E-state index contributed by atoms with van der Waals surface area (Å²) in [6, 6.07) is 9.50. The standard InChI is InChI=1S/C12H21NO7P2.Na/c1-13(9-7-11-5-3-2-4-6-11)10-8-12(14,21(15,16)17)22(18,19)20;/h2-6,14H,7-10H2,1H3,(H2,15,16,17)(H2,18,19,20);. The first-order chi connectivity index (χ1) is 9.97. The minimum Gasteiger partial charge on any atom is -0.367 e. The molecule has 0 aromatic heterocycles. The summed E-state index contributed by atoms with van der Waals surface area (Å²) in [5.74, 6) is 0. The van der Waals surface area contributed by atoms with E-state index in [1.807, 2.05) is 30.3 Å². The van der Waals surface area contributed by atoms with Crippen LogP contribution in [0.5, 0.6) is 0 Å². The molecule has 11 heteroatoms. The van der Waals surface area contributed by atoms with E-state index in [0.29, 0.717) is 13.0 Å². The van der Waals surface area contributed by atoms with E-state index in [4.69, 9.17) is 19.6 Å². The third-order valence-electron chi connectivity index (χ3n) is 3.39. The predicted octanol–water partition coefficient (Wildman–Crippen LogP) is 0.172. The Hall–Kier alpha value is 0.440. The Bertz CT molecular complexity index is 552. The van der Waals surface area contributed by atoms with Gasteiger partial charge in [0.1, 0.15) is 0 Å². The first kappa shape index (κ1) is 23.4. The molecule has 127 valence electrons. The van der Waals surface area contributed by atoms with Crippen LogP contribution in [0.15, 0.2) is 30.3 Å². The van der Waals surface area contributed by atoms with Crippen molar-refractivity contribution in [2.24, 2.45) is 0 Å². The van der Waals surface area contributed by atoms with Gasteiger partial charge in [0.25, 0.3) is 5.08 Å². The minimum atomic E-state index is -5.38. The van der Waals surface area contributed by atoms with Crippen LogP contribution in [-0.2, 0) is 15.6 Å². The maximum Gasteiger partial charge on any atom is 0.369 e. The third-order valence-corrected chi connectivity index (χ3v) is 7.26. The van der Waals surface area contributed by atoms with E-state index in [2.05, 4.69) is 0 Å². The molecule has 23 heavy (non-hydrogen) atoms. The van der Waals surface area contributed by atoms with E-state index in [1.54, 1.807) is 11.9 Å². The van der Waals surface area contributed by atoms with Crippen molar-refractivity contribution in [3.8, 4) is 0 Å². The van der Waals surface area contributed by atoms with Crippen molar-refractivity contribution in [3.05, 3.63) is 35.9 Å². The third kappa shape index (κ3) is 6.69. The van der Waals surface area contributed by atoms with Crippen LogP contribution in [-0.4, -0.2) is 84.4 Å². The summed E-state index contributed by atoms with van der Waals surface area (Å²) in [5, 5.41) is 6.42. The molecule has 0 aliphatic heterocycles. The Morgan fingerprint density at radius 1 is 1.00 bits per heavy atom. The second-order valence-corrected chi connectivity index (χ2v) is 9.16. The molecule has 0 aliphatic carbocycles. The maximum absolute atomic E-state index is 11.2. The van der Waals surface area contributed by atoms with Crippen LogP contribution >= 0.6 is 15.2 Å². The average Bonchev–Trinajstić information content (AvgIpc) is 2.41. The predicted molar refractivity (Wildman–Crippen MR) is 87.1 cm³/mol. The first-order valence-corrected chi connectivity index (χ1v) is 9.76.